The van der Waals surface area contributed by atoms with Crippen molar-refractivity contribution in [1.29, 1.82) is 5.26 Å². The highest BCUT2D eigenvalue weighted by atomic mass is 32.2. The van der Waals surface area contributed by atoms with E-state index in [0.29, 0.717) is 11.1 Å². The van der Waals surface area contributed by atoms with Crippen molar-refractivity contribution in [1.82, 2.24) is 0 Å². The first-order chi connectivity index (χ1) is 9.61. The second kappa shape index (κ2) is 6.08. The number of nitriles is 1. The number of nitrogens with zero attached hydrogens (tertiary/aromatic N) is 2. The third-order valence-electron chi connectivity index (χ3n) is 2.66. The summed E-state index contributed by atoms with van der Waals surface area (Å²) in [6.45, 7) is 0. The number of para-hydroxylation sites is 1. The Hall–Kier alpha value is -2.52. The first-order valence-electron chi connectivity index (χ1n) is 5.72. The van der Waals surface area contributed by atoms with Crippen molar-refractivity contribution in [2.24, 2.45) is 0 Å². The summed E-state index contributed by atoms with van der Waals surface area (Å²) < 4.78 is 12.3. The summed E-state index contributed by atoms with van der Waals surface area (Å²) in [5, 5.41) is 19.7. The van der Waals surface area contributed by atoms with Crippen LogP contribution in [0.3, 0.4) is 0 Å². The van der Waals surface area contributed by atoms with Gasteiger partial charge in [0, 0.05) is 6.07 Å². The van der Waals surface area contributed by atoms with Crippen molar-refractivity contribution >= 4 is 16.5 Å². The summed E-state index contributed by atoms with van der Waals surface area (Å²) in [7, 11) is -1.53. The van der Waals surface area contributed by atoms with Gasteiger partial charge in [0.1, 0.15) is 4.90 Å². The van der Waals surface area contributed by atoms with E-state index in [0.717, 1.165) is 0 Å². The molecular weight excluding hydrogens is 276 g/mol. The van der Waals surface area contributed by atoms with Gasteiger partial charge in [-0.3, -0.25) is 14.3 Å². The Morgan fingerprint density at radius 2 is 1.95 bits per heavy atom. The maximum absolute atomic E-state index is 12.3. The van der Waals surface area contributed by atoms with E-state index in [1.807, 2.05) is 6.07 Å². The fourth-order valence-electron chi connectivity index (χ4n) is 1.76. The third-order valence-corrected chi connectivity index (χ3v) is 4.09. The topological polar surface area (TPSA) is 84.0 Å². The van der Waals surface area contributed by atoms with Crippen LogP contribution in [-0.2, 0) is 16.6 Å². The molecule has 20 heavy (non-hydrogen) atoms. The zero-order valence-corrected chi connectivity index (χ0v) is 11.2. The first-order valence-corrected chi connectivity index (χ1v) is 7.04. The molecule has 5 nitrogen and oxygen atoms in total. The molecule has 0 heterocycles. The molecule has 0 saturated carbocycles. The van der Waals surface area contributed by atoms with Crippen LogP contribution in [0.1, 0.15) is 11.1 Å². The van der Waals surface area contributed by atoms with Gasteiger partial charge in [0.05, 0.1) is 33.1 Å². The Kier molecular flexibility index (Phi) is 4.23. The zero-order chi connectivity index (χ0) is 14.5. The van der Waals surface area contributed by atoms with Crippen molar-refractivity contribution in [3.8, 4) is 6.07 Å². The van der Waals surface area contributed by atoms with E-state index in [1.54, 1.807) is 30.3 Å². The molecule has 0 radical (unpaired) electrons. The van der Waals surface area contributed by atoms with Crippen molar-refractivity contribution in [2.45, 2.75) is 10.6 Å². The van der Waals surface area contributed by atoms with Crippen LogP contribution in [0, 0.1) is 21.4 Å². The van der Waals surface area contributed by atoms with Crippen molar-refractivity contribution in [2.75, 3.05) is 0 Å². The quantitative estimate of drug-likeness (QED) is 0.639. The first kappa shape index (κ1) is 13.9. The standard InChI is InChI=1S/C14H10N2O3S/c15-9-11-4-3-5-12(8-11)10-20(19)14-7-2-1-6-13(14)16(17)18/h1-8H,10H2. The van der Waals surface area contributed by atoms with Crippen LogP contribution in [0.2, 0.25) is 0 Å². The summed E-state index contributed by atoms with van der Waals surface area (Å²) in [4.78, 5) is 10.6. The maximum atomic E-state index is 12.3. The van der Waals surface area contributed by atoms with Gasteiger partial charge < -0.3 is 0 Å². The van der Waals surface area contributed by atoms with Crippen molar-refractivity contribution in [3.63, 3.8) is 0 Å². The molecule has 0 aliphatic carbocycles. The molecule has 0 spiro atoms. The molecule has 0 amide bonds. The minimum Gasteiger partial charge on any atom is -0.258 e. The van der Waals surface area contributed by atoms with Crippen LogP contribution in [0.5, 0.6) is 0 Å². The highest BCUT2D eigenvalue weighted by Crippen LogP contribution is 2.23. The number of hydrogen-bond donors (Lipinski definition) is 0. The molecule has 1 unspecified atom stereocenters. The molecule has 2 rings (SSSR count). The molecule has 0 fully saturated rings. The predicted molar refractivity (Wildman–Crippen MR) is 74.4 cm³/mol. The molecule has 0 bridgehead atoms. The SMILES string of the molecule is N#Cc1cccc(CS(=O)c2ccccc2[N+](=O)[O-])c1. The lowest BCUT2D eigenvalue weighted by molar-refractivity contribution is -0.387. The molecule has 6 heteroatoms. The van der Waals surface area contributed by atoms with Crippen LogP contribution in [0.25, 0.3) is 0 Å². The average Bonchev–Trinajstić information content (AvgIpc) is 2.47. The molecule has 100 valence electrons. The summed E-state index contributed by atoms with van der Waals surface area (Å²) in [6, 6.07) is 14.7. The Bertz CT molecular complexity index is 722. The largest absolute Gasteiger partial charge is 0.285 e. The second-order valence-electron chi connectivity index (χ2n) is 4.03. The maximum Gasteiger partial charge on any atom is 0.285 e. The number of benzene rings is 2. The monoisotopic (exact) mass is 286 g/mol. The third kappa shape index (κ3) is 3.08. The Morgan fingerprint density at radius 1 is 1.20 bits per heavy atom. The van der Waals surface area contributed by atoms with Crippen LogP contribution in [0.15, 0.2) is 53.4 Å². The zero-order valence-electron chi connectivity index (χ0n) is 10.4. The lowest BCUT2D eigenvalue weighted by atomic mass is 10.2. The van der Waals surface area contributed by atoms with Gasteiger partial charge in [-0.25, -0.2) is 0 Å². The van der Waals surface area contributed by atoms with E-state index in [2.05, 4.69) is 0 Å². The van der Waals surface area contributed by atoms with Gasteiger partial charge in [-0.05, 0) is 23.8 Å². The molecule has 2 aromatic rings. The van der Waals surface area contributed by atoms with Crippen LogP contribution in [-0.4, -0.2) is 9.13 Å². The summed E-state index contributed by atoms with van der Waals surface area (Å²) >= 11 is 0. The molecule has 0 N–H and O–H groups in total. The van der Waals surface area contributed by atoms with Crippen LogP contribution in [0.4, 0.5) is 5.69 Å². The number of rotatable bonds is 4. The van der Waals surface area contributed by atoms with Crippen LogP contribution >= 0.6 is 0 Å². The minimum absolute atomic E-state index is 0.139. The number of nitro benzene ring substituents is 1. The molecule has 0 aliphatic heterocycles. The van der Waals surface area contributed by atoms with E-state index in [1.165, 1.54) is 18.2 Å². The van der Waals surface area contributed by atoms with Gasteiger partial charge >= 0.3 is 0 Å². The summed E-state index contributed by atoms with van der Waals surface area (Å²) in [5.74, 6) is 0.139. The van der Waals surface area contributed by atoms with Gasteiger partial charge in [0.2, 0.25) is 0 Å². The highest BCUT2D eigenvalue weighted by molar-refractivity contribution is 7.84. The predicted octanol–water partition coefficient (Wildman–Crippen LogP) is 2.77. The van der Waals surface area contributed by atoms with E-state index >= 15 is 0 Å². The lowest BCUT2D eigenvalue weighted by Crippen LogP contribution is -2.01. The van der Waals surface area contributed by atoms with Gasteiger partial charge in [0.15, 0.2) is 0 Å². The molecule has 0 aliphatic rings. The van der Waals surface area contributed by atoms with E-state index < -0.39 is 15.7 Å². The fraction of sp³-hybridized carbons (Fsp3) is 0.0714. The van der Waals surface area contributed by atoms with E-state index in [4.69, 9.17) is 5.26 Å². The van der Waals surface area contributed by atoms with Gasteiger partial charge in [-0.2, -0.15) is 5.26 Å². The summed E-state index contributed by atoms with van der Waals surface area (Å²) in [6.07, 6.45) is 0. The van der Waals surface area contributed by atoms with Crippen molar-refractivity contribution in [3.05, 3.63) is 69.8 Å². The molecule has 1 atom stereocenters. The Labute approximate surface area is 118 Å². The number of nitro groups is 1. The fourth-order valence-corrected chi connectivity index (χ4v) is 3.00. The van der Waals surface area contributed by atoms with E-state index in [9.17, 15) is 14.3 Å². The van der Waals surface area contributed by atoms with E-state index in [-0.39, 0.29) is 16.3 Å². The molecule has 0 aromatic heterocycles. The molecule has 0 saturated heterocycles. The smallest absolute Gasteiger partial charge is 0.258 e. The minimum atomic E-state index is -1.53. The number of hydrogen-bond acceptors (Lipinski definition) is 4. The normalized spacial score (nSPS) is 11.6. The van der Waals surface area contributed by atoms with Crippen LogP contribution < -0.4 is 0 Å². The highest BCUT2D eigenvalue weighted by Gasteiger charge is 2.18. The second-order valence-corrected chi connectivity index (χ2v) is 5.45. The van der Waals surface area contributed by atoms with Gasteiger partial charge in [-0.1, -0.05) is 24.3 Å². The summed E-state index contributed by atoms with van der Waals surface area (Å²) in [5.41, 5.74) is 1.03. The average molecular weight is 286 g/mol. The van der Waals surface area contributed by atoms with Gasteiger partial charge in [0.25, 0.3) is 5.69 Å². The van der Waals surface area contributed by atoms with Gasteiger partial charge in [-0.15, -0.1) is 0 Å². The van der Waals surface area contributed by atoms with Crippen molar-refractivity contribution < 1.29 is 9.13 Å². The lowest BCUT2D eigenvalue weighted by Gasteiger charge is -2.04. The molecule has 2 aromatic carbocycles. The Balaban J connectivity index is 2.29. The molecular formula is C14H10N2O3S. The Morgan fingerprint density at radius 3 is 2.65 bits per heavy atom.